The van der Waals surface area contributed by atoms with Crippen LogP contribution in [0.4, 0.5) is 0 Å². The van der Waals surface area contributed by atoms with E-state index in [0.717, 1.165) is 28.1 Å². The topological polar surface area (TPSA) is 53.4 Å². The van der Waals surface area contributed by atoms with Crippen LogP contribution in [-0.4, -0.2) is 29.9 Å². The van der Waals surface area contributed by atoms with Gasteiger partial charge in [-0.2, -0.15) is 0 Å². The van der Waals surface area contributed by atoms with Gasteiger partial charge in [0.25, 0.3) is 0 Å². The lowest BCUT2D eigenvalue weighted by Crippen LogP contribution is -2.26. The maximum absolute atomic E-state index is 4.68. The predicted octanol–water partition coefficient (Wildman–Crippen LogP) is 5.23. The van der Waals surface area contributed by atoms with Crippen molar-refractivity contribution < 1.29 is 0 Å². The number of fused-ring (bicyclic) bond motifs is 1. The van der Waals surface area contributed by atoms with Crippen LogP contribution in [-0.2, 0) is 0 Å². The standard InChI is InChI=1S/C21H28N4/c1-14-6-15(9-21(2,3)8-14)16-7-18-19(13-25-20(18)24-12-16)17(10-22-4)11-23-5/h7,10-15H,4,6,8-9H2,1-3,5H3,(H,24,25)/b17-10+,23-11-. The van der Waals surface area contributed by atoms with Crippen LogP contribution in [0.25, 0.3) is 16.6 Å². The molecule has 3 rings (SSSR count). The molecule has 4 heteroatoms. The molecule has 1 saturated carbocycles. The largest absolute Gasteiger partial charge is 0.346 e. The fraction of sp³-hybridized carbons (Fsp3) is 0.476. The Labute approximate surface area is 150 Å². The Bertz CT molecular complexity index is 826. The summed E-state index contributed by atoms with van der Waals surface area (Å²) < 4.78 is 0. The number of rotatable bonds is 4. The van der Waals surface area contributed by atoms with E-state index in [2.05, 4.69) is 53.5 Å². The van der Waals surface area contributed by atoms with E-state index in [0.29, 0.717) is 11.3 Å². The van der Waals surface area contributed by atoms with Crippen molar-refractivity contribution in [3.63, 3.8) is 0 Å². The number of pyridine rings is 1. The highest BCUT2D eigenvalue weighted by atomic mass is 14.8. The Morgan fingerprint density at radius 3 is 2.88 bits per heavy atom. The molecular formula is C21H28N4. The molecule has 0 amide bonds. The lowest BCUT2D eigenvalue weighted by atomic mass is 9.66. The molecule has 2 heterocycles. The summed E-state index contributed by atoms with van der Waals surface area (Å²) >= 11 is 0. The number of hydrogen-bond acceptors (Lipinski definition) is 3. The van der Waals surface area contributed by atoms with Crippen LogP contribution in [0.15, 0.2) is 34.6 Å². The number of nitrogens with zero attached hydrogens (tertiary/aromatic N) is 3. The van der Waals surface area contributed by atoms with Crippen molar-refractivity contribution >= 4 is 29.5 Å². The van der Waals surface area contributed by atoms with Crippen LogP contribution in [0.3, 0.4) is 0 Å². The molecule has 1 aliphatic rings. The van der Waals surface area contributed by atoms with Crippen LogP contribution in [0, 0.1) is 11.3 Å². The van der Waals surface area contributed by atoms with E-state index in [9.17, 15) is 0 Å². The first-order valence-corrected chi connectivity index (χ1v) is 8.99. The quantitative estimate of drug-likeness (QED) is 0.763. The first-order valence-electron chi connectivity index (χ1n) is 8.99. The normalized spacial score (nSPS) is 24.1. The van der Waals surface area contributed by atoms with Crippen LogP contribution < -0.4 is 0 Å². The van der Waals surface area contributed by atoms with Gasteiger partial charge < -0.3 is 4.98 Å². The van der Waals surface area contributed by atoms with Crippen molar-refractivity contribution in [2.24, 2.45) is 21.3 Å². The van der Waals surface area contributed by atoms with E-state index >= 15 is 0 Å². The number of hydrogen-bond donors (Lipinski definition) is 1. The summed E-state index contributed by atoms with van der Waals surface area (Å²) in [4.78, 5) is 16.0. The minimum absolute atomic E-state index is 0.394. The lowest BCUT2D eigenvalue weighted by molar-refractivity contribution is 0.168. The van der Waals surface area contributed by atoms with E-state index in [1.54, 1.807) is 13.2 Å². The molecule has 2 aromatic rings. The van der Waals surface area contributed by atoms with Crippen molar-refractivity contribution in [3.05, 3.63) is 35.8 Å². The number of aromatic nitrogens is 2. The Kier molecular flexibility index (Phi) is 4.89. The molecule has 0 radical (unpaired) electrons. The van der Waals surface area contributed by atoms with E-state index in [1.807, 2.05) is 18.6 Å². The van der Waals surface area contributed by atoms with Gasteiger partial charge in [-0.25, -0.2) is 4.98 Å². The second-order valence-electron chi connectivity index (χ2n) is 8.13. The minimum Gasteiger partial charge on any atom is -0.346 e. The molecule has 0 saturated heterocycles. The maximum Gasteiger partial charge on any atom is 0.137 e. The molecule has 0 aliphatic heterocycles. The monoisotopic (exact) mass is 336 g/mol. The van der Waals surface area contributed by atoms with Crippen molar-refractivity contribution in [2.45, 2.75) is 46.0 Å². The summed E-state index contributed by atoms with van der Waals surface area (Å²) in [6.45, 7) is 10.7. The zero-order valence-corrected chi connectivity index (χ0v) is 15.7. The molecule has 0 aromatic carbocycles. The SMILES string of the molecule is C=N/C=C(\C=N/C)c1c[nH]c2ncc(C3CC(C)CC(C)(C)C3)cc12. The number of H-pyrrole nitrogens is 1. The Morgan fingerprint density at radius 1 is 1.40 bits per heavy atom. The Morgan fingerprint density at radius 2 is 2.20 bits per heavy atom. The molecule has 1 N–H and O–H groups in total. The smallest absolute Gasteiger partial charge is 0.137 e. The molecule has 1 aliphatic carbocycles. The van der Waals surface area contributed by atoms with Crippen LogP contribution >= 0.6 is 0 Å². The molecular weight excluding hydrogens is 308 g/mol. The summed E-state index contributed by atoms with van der Waals surface area (Å²) in [6, 6.07) is 2.30. The van der Waals surface area contributed by atoms with Crippen molar-refractivity contribution in [3.8, 4) is 0 Å². The summed E-state index contributed by atoms with van der Waals surface area (Å²) in [5.41, 5.74) is 4.66. The average Bonchev–Trinajstić information content (AvgIpc) is 2.95. The highest BCUT2D eigenvalue weighted by molar-refractivity contribution is 6.14. The van der Waals surface area contributed by atoms with Gasteiger partial charge in [0.15, 0.2) is 0 Å². The van der Waals surface area contributed by atoms with Gasteiger partial charge in [0.2, 0.25) is 0 Å². The Balaban J connectivity index is 2.03. The van der Waals surface area contributed by atoms with E-state index in [4.69, 9.17) is 0 Å². The van der Waals surface area contributed by atoms with E-state index < -0.39 is 0 Å². The number of allylic oxidation sites excluding steroid dienone is 1. The summed E-state index contributed by atoms with van der Waals surface area (Å²) in [5, 5.41) is 1.13. The first-order chi connectivity index (χ1) is 11.9. The lowest BCUT2D eigenvalue weighted by Gasteiger charge is -2.39. The van der Waals surface area contributed by atoms with Crippen molar-refractivity contribution in [1.82, 2.24) is 9.97 Å². The van der Waals surface area contributed by atoms with Gasteiger partial charge in [-0.05, 0) is 54.9 Å². The van der Waals surface area contributed by atoms with E-state index in [-0.39, 0.29) is 0 Å². The molecule has 25 heavy (non-hydrogen) atoms. The Hall–Kier alpha value is -2.23. The van der Waals surface area contributed by atoms with Gasteiger partial charge in [-0.1, -0.05) is 20.8 Å². The molecule has 0 bridgehead atoms. The fourth-order valence-electron chi connectivity index (χ4n) is 4.49. The zero-order valence-electron chi connectivity index (χ0n) is 15.7. The third-order valence-corrected chi connectivity index (χ3v) is 5.22. The molecule has 0 spiro atoms. The van der Waals surface area contributed by atoms with Gasteiger partial charge in [0, 0.05) is 48.4 Å². The molecule has 2 unspecified atom stereocenters. The van der Waals surface area contributed by atoms with Crippen molar-refractivity contribution in [1.29, 1.82) is 0 Å². The molecule has 4 nitrogen and oxygen atoms in total. The third-order valence-electron chi connectivity index (χ3n) is 5.22. The molecule has 2 atom stereocenters. The predicted molar refractivity (Wildman–Crippen MR) is 108 cm³/mol. The maximum atomic E-state index is 4.68. The number of aliphatic imine (C=N–C) groups is 2. The van der Waals surface area contributed by atoms with E-state index in [1.165, 1.54) is 24.8 Å². The highest BCUT2D eigenvalue weighted by Gasteiger charge is 2.33. The fourth-order valence-corrected chi connectivity index (χ4v) is 4.49. The molecule has 2 aromatic heterocycles. The second kappa shape index (κ2) is 6.95. The van der Waals surface area contributed by atoms with Crippen LogP contribution in [0.1, 0.15) is 57.1 Å². The van der Waals surface area contributed by atoms with Crippen LogP contribution in [0.2, 0.25) is 0 Å². The molecule has 132 valence electrons. The minimum atomic E-state index is 0.394. The first kappa shape index (κ1) is 17.6. The van der Waals surface area contributed by atoms with Gasteiger partial charge in [-0.15, -0.1) is 0 Å². The van der Waals surface area contributed by atoms with Gasteiger partial charge >= 0.3 is 0 Å². The number of aromatic amines is 1. The van der Waals surface area contributed by atoms with Gasteiger partial charge in [-0.3, -0.25) is 9.98 Å². The number of nitrogens with one attached hydrogen (secondary N) is 1. The summed E-state index contributed by atoms with van der Waals surface area (Å²) in [7, 11) is 1.76. The van der Waals surface area contributed by atoms with Crippen molar-refractivity contribution in [2.75, 3.05) is 7.05 Å². The van der Waals surface area contributed by atoms with Crippen LogP contribution in [0.5, 0.6) is 0 Å². The average molecular weight is 336 g/mol. The highest BCUT2D eigenvalue weighted by Crippen LogP contribution is 2.46. The summed E-state index contributed by atoms with van der Waals surface area (Å²) in [5.74, 6) is 1.32. The summed E-state index contributed by atoms with van der Waals surface area (Å²) in [6.07, 6.45) is 11.3. The third kappa shape index (κ3) is 3.73. The zero-order chi connectivity index (χ0) is 18.0. The molecule has 1 fully saturated rings. The van der Waals surface area contributed by atoms with Gasteiger partial charge in [0.05, 0.1) is 0 Å². The van der Waals surface area contributed by atoms with Gasteiger partial charge in [0.1, 0.15) is 5.65 Å². The second-order valence-corrected chi connectivity index (χ2v) is 8.13.